The van der Waals surface area contributed by atoms with Crippen molar-refractivity contribution in [3.63, 3.8) is 0 Å². The molecule has 0 saturated heterocycles. The quantitative estimate of drug-likeness (QED) is 0.813. The number of carbonyl (C=O) groups is 1. The van der Waals surface area contributed by atoms with Gasteiger partial charge in [0, 0.05) is 31.5 Å². The number of halogens is 1. The summed E-state index contributed by atoms with van der Waals surface area (Å²) >= 11 is 0. The van der Waals surface area contributed by atoms with E-state index in [4.69, 9.17) is 5.73 Å². The smallest absolute Gasteiger partial charge is 0.242 e. The lowest BCUT2D eigenvalue weighted by molar-refractivity contribution is -0.129. The molecular weight excluding hydrogens is 233 g/mol. The molecule has 1 rings (SSSR count). The van der Waals surface area contributed by atoms with Crippen molar-refractivity contribution in [2.24, 2.45) is 0 Å². The Morgan fingerprint density at radius 3 is 2.39 bits per heavy atom. The van der Waals surface area contributed by atoms with Gasteiger partial charge < -0.3 is 15.5 Å². The summed E-state index contributed by atoms with van der Waals surface area (Å²) in [5, 5.41) is 0. The van der Waals surface area contributed by atoms with Crippen LogP contribution in [0.25, 0.3) is 0 Å². The Morgan fingerprint density at radius 2 is 1.89 bits per heavy atom. The normalized spacial score (nSPS) is 10.2. The Kier molecular flexibility index (Phi) is 4.95. The number of carbonyl (C=O) groups excluding carboxylic acids is 1. The summed E-state index contributed by atoms with van der Waals surface area (Å²) in [5.74, 6) is -0.377. The molecule has 0 atom stereocenters. The van der Waals surface area contributed by atoms with Gasteiger partial charge in [-0.05, 0) is 32.0 Å². The van der Waals surface area contributed by atoms with Crippen molar-refractivity contribution >= 4 is 17.3 Å². The van der Waals surface area contributed by atoms with Crippen LogP contribution < -0.4 is 10.6 Å². The molecule has 1 aromatic rings. The molecule has 18 heavy (non-hydrogen) atoms. The molecular formula is C13H20FN3O. The Bertz CT molecular complexity index is 398. The van der Waals surface area contributed by atoms with Crippen molar-refractivity contribution in [2.75, 3.05) is 37.3 Å². The monoisotopic (exact) mass is 253 g/mol. The minimum absolute atomic E-state index is 0.0188. The second-order valence-corrected chi connectivity index (χ2v) is 4.16. The van der Waals surface area contributed by atoms with Gasteiger partial charge in [-0.1, -0.05) is 0 Å². The zero-order chi connectivity index (χ0) is 13.7. The highest BCUT2D eigenvalue weighted by molar-refractivity contribution is 5.81. The molecule has 0 spiro atoms. The Hall–Kier alpha value is -1.78. The lowest BCUT2D eigenvalue weighted by Crippen LogP contribution is -2.38. The van der Waals surface area contributed by atoms with E-state index < -0.39 is 5.82 Å². The van der Waals surface area contributed by atoms with Crippen LogP contribution in [0.3, 0.4) is 0 Å². The number of nitrogens with two attached hydrogens (primary N) is 1. The fraction of sp³-hybridized carbons (Fsp3) is 0.462. The number of amides is 1. The highest BCUT2D eigenvalue weighted by Gasteiger charge is 2.13. The lowest BCUT2D eigenvalue weighted by atomic mass is 10.2. The van der Waals surface area contributed by atoms with Gasteiger partial charge >= 0.3 is 0 Å². The third-order valence-electron chi connectivity index (χ3n) is 2.83. The van der Waals surface area contributed by atoms with Crippen LogP contribution in [0.1, 0.15) is 13.8 Å². The van der Waals surface area contributed by atoms with E-state index in [-0.39, 0.29) is 12.5 Å². The molecule has 0 fully saturated rings. The van der Waals surface area contributed by atoms with E-state index in [0.29, 0.717) is 24.5 Å². The summed E-state index contributed by atoms with van der Waals surface area (Å²) < 4.78 is 13.2. The number of benzene rings is 1. The van der Waals surface area contributed by atoms with Crippen LogP contribution in [-0.4, -0.2) is 37.5 Å². The first kappa shape index (κ1) is 14.3. The van der Waals surface area contributed by atoms with Crippen LogP contribution in [0.4, 0.5) is 15.8 Å². The maximum absolute atomic E-state index is 13.2. The van der Waals surface area contributed by atoms with Crippen molar-refractivity contribution in [1.29, 1.82) is 0 Å². The molecule has 0 bridgehead atoms. The zero-order valence-corrected chi connectivity index (χ0v) is 11.1. The Labute approximate surface area is 107 Å². The van der Waals surface area contributed by atoms with Crippen LogP contribution in [-0.2, 0) is 4.79 Å². The molecule has 4 nitrogen and oxygen atoms in total. The van der Waals surface area contributed by atoms with E-state index in [1.54, 1.807) is 22.9 Å². The minimum Gasteiger partial charge on any atom is -0.399 e. The van der Waals surface area contributed by atoms with Gasteiger partial charge in [-0.15, -0.1) is 0 Å². The average Bonchev–Trinajstić information content (AvgIpc) is 2.29. The van der Waals surface area contributed by atoms with Crippen molar-refractivity contribution in [1.82, 2.24) is 4.90 Å². The second kappa shape index (κ2) is 6.23. The molecule has 0 heterocycles. The van der Waals surface area contributed by atoms with E-state index in [9.17, 15) is 9.18 Å². The van der Waals surface area contributed by atoms with Crippen molar-refractivity contribution in [3.8, 4) is 0 Å². The number of rotatable bonds is 5. The predicted molar refractivity (Wildman–Crippen MR) is 72.0 cm³/mol. The average molecular weight is 253 g/mol. The maximum Gasteiger partial charge on any atom is 0.242 e. The summed E-state index contributed by atoms with van der Waals surface area (Å²) in [5.41, 5.74) is 6.54. The van der Waals surface area contributed by atoms with Gasteiger partial charge in [0.1, 0.15) is 5.82 Å². The number of nitrogens with zero attached hydrogens (tertiary/aromatic N) is 2. The standard InChI is InChI=1S/C13H20FN3O/c1-4-17(5-2)13(18)9-16(3)12-7-10(14)6-11(15)8-12/h6-8H,4-5,9,15H2,1-3H3. The molecule has 0 unspecified atom stereocenters. The molecule has 0 aliphatic rings. The van der Waals surface area contributed by atoms with Crippen molar-refractivity contribution in [2.45, 2.75) is 13.8 Å². The van der Waals surface area contributed by atoms with Crippen LogP contribution in [0.5, 0.6) is 0 Å². The first-order valence-electron chi connectivity index (χ1n) is 6.02. The highest BCUT2D eigenvalue weighted by atomic mass is 19.1. The van der Waals surface area contributed by atoms with E-state index in [2.05, 4.69) is 0 Å². The summed E-state index contributed by atoms with van der Waals surface area (Å²) in [6.07, 6.45) is 0. The maximum atomic E-state index is 13.2. The number of likely N-dealkylation sites (N-methyl/N-ethyl adjacent to an activating group) is 2. The molecule has 1 aromatic carbocycles. The number of hydrogen-bond donors (Lipinski definition) is 1. The topological polar surface area (TPSA) is 49.6 Å². The van der Waals surface area contributed by atoms with Crippen LogP contribution in [0.2, 0.25) is 0 Å². The lowest BCUT2D eigenvalue weighted by Gasteiger charge is -2.24. The largest absolute Gasteiger partial charge is 0.399 e. The molecule has 0 radical (unpaired) electrons. The first-order valence-corrected chi connectivity index (χ1v) is 6.02. The van der Waals surface area contributed by atoms with Crippen molar-refractivity contribution < 1.29 is 9.18 Å². The Morgan fingerprint density at radius 1 is 1.28 bits per heavy atom. The predicted octanol–water partition coefficient (Wildman–Crippen LogP) is 1.71. The highest BCUT2D eigenvalue weighted by Crippen LogP contribution is 2.18. The van der Waals surface area contributed by atoms with Crippen LogP contribution in [0, 0.1) is 5.82 Å². The third kappa shape index (κ3) is 3.61. The second-order valence-electron chi connectivity index (χ2n) is 4.16. The summed E-state index contributed by atoms with van der Waals surface area (Å²) in [4.78, 5) is 15.3. The van der Waals surface area contributed by atoms with E-state index in [1.165, 1.54) is 12.1 Å². The van der Waals surface area contributed by atoms with E-state index in [1.807, 2.05) is 13.8 Å². The number of nitrogen functional groups attached to an aromatic ring is 1. The van der Waals surface area contributed by atoms with E-state index >= 15 is 0 Å². The van der Waals surface area contributed by atoms with E-state index in [0.717, 1.165) is 0 Å². The van der Waals surface area contributed by atoms with Crippen molar-refractivity contribution in [3.05, 3.63) is 24.0 Å². The van der Waals surface area contributed by atoms with Crippen LogP contribution in [0.15, 0.2) is 18.2 Å². The van der Waals surface area contributed by atoms with Gasteiger partial charge in [-0.2, -0.15) is 0 Å². The molecule has 1 amide bonds. The fourth-order valence-electron chi connectivity index (χ4n) is 1.79. The van der Waals surface area contributed by atoms with Gasteiger partial charge in [0.25, 0.3) is 0 Å². The summed E-state index contributed by atoms with van der Waals surface area (Å²) in [6, 6.07) is 4.27. The van der Waals surface area contributed by atoms with Gasteiger partial charge in [-0.25, -0.2) is 4.39 Å². The first-order chi connectivity index (χ1) is 8.47. The third-order valence-corrected chi connectivity index (χ3v) is 2.83. The summed E-state index contributed by atoms with van der Waals surface area (Å²) in [7, 11) is 1.75. The molecule has 100 valence electrons. The number of hydrogen-bond acceptors (Lipinski definition) is 3. The van der Waals surface area contributed by atoms with Gasteiger partial charge in [0.05, 0.1) is 6.54 Å². The van der Waals surface area contributed by atoms with Gasteiger partial charge in [-0.3, -0.25) is 4.79 Å². The number of anilines is 2. The molecule has 0 aromatic heterocycles. The van der Waals surface area contributed by atoms with Gasteiger partial charge in [0.15, 0.2) is 0 Å². The van der Waals surface area contributed by atoms with Crippen LogP contribution >= 0.6 is 0 Å². The molecule has 0 aliphatic carbocycles. The molecule has 0 saturated carbocycles. The summed E-state index contributed by atoms with van der Waals surface area (Å²) in [6.45, 7) is 5.43. The van der Waals surface area contributed by atoms with Gasteiger partial charge in [0.2, 0.25) is 5.91 Å². The minimum atomic E-state index is -0.396. The zero-order valence-electron chi connectivity index (χ0n) is 11.1. The Balaban J connectivity index is 2.75. The molecule has 0 aliphatic heterocycles. The molecule has 5 heteroatoms. The SMILES string of the molecule is CCN(CC)C(=O)CN(C)c1cc(N)cc(F)c1. The molecule has 2 N–H and O–H groups in total. The fourth-order valence-corrected chi connectivity index (χ4v) is 1.79.